The van der Waals surface area contributed by atoms with E-state index >= 15 is 0 Å². The minimum absolute atomic E-state index is 0.998. The monoisotopic (exact) mass is 156 g/mol. The van der Waals surface area contributed by atoms with Gasteiger partial charge in [-0.1, -0.05) is 25.1 Å². The van der Waals surface area contributed by atoms with E-state index < -0.39 is 0 Å². The summed E-state index contributed by atoms with van der Waals surface area (Å²) in [6.07, 6.45) is 2.89. The van der Waals surface area contributed by atoms with Crippen molar-refractivity contribution >= 4 is 10.9 Å². The summed E-state index contributed by atoms with van der Waals surface area (Å²) in [6.45, 7) is 2.11. The summed E-state index contributed by atoms with van der Waals surface area (Å²) in [6, 6.07) is 11.4. The van der Waals surface area contributed by atoms with Crippen LogP contribution >= 0.6 is 0 Å². The minimum atomic E-state index is 0.998. The molecule has 0 N–H and O–H groups in total. The van der Waals surface area contributed by atoms with Crippen LogP contribution in [0.25, 0.3) is 10.9 Å². The molecule has 0 atom stereocenters. The maximum absolute atomic E-state index is 4.32. The van der Waals surface area contributed by atoms with Crippen LogP contribution in [-0.2, 0) is 6.42 Å². The summed E-state index contributed by atoms with van der Waals surface area (Å²) in [5.74, 6) is 0. The van der Waals surface area contributed by atoms with E-state index in [2.05, 4.69) is 18.0 Å². The van der Waals surface area contributed by atoms with Gasteiger partial charge in [-0.05, 0) is 24.1 Å². The molecule has 2 aromatic rings. The number of benzene rings is 1. The molecule has 1 aromatic carbocycles. The number of hydrogen-bond acceptors (Lipinski definition) is 1. The van der Waals surface area contributed by atoms with Crippen molar-refractivity contribution in [2.75, 3.05) is 0 Å². The fourth-order valence-electron chi connectivity index (χ4n) is 1.22. The number of nitrogens with zero attached hydrogens (tertiary/aromatic N) is 1. The Balaban J connectivity index is 2.67. The van der Waals surface area contributed by atoms with Gasteiger partial charge in [0.15, 0.2) is 0 Å². The lowest BCUT2D eigenvalue weighted by molar-refractivity contribution is 1.12. The maximum Gasteiger partial charge on any atom is 0.0708 e. The van der Waals surface area contributed by atoms with Crippen molar-refractivity contribution in [1.82, 2.24) is 4.98 Å². The van der Waals surface area contributed by atoms with Crippen LogP contribution in [0.1, 0.15) is 12.5 Å². The smallest absolute Gasteiger partial charge is 0.0708 e. The molecule has 0 bridgehead atoms. The first-order valence-corrected chi connectivity index (χ1v) is 4.16. The van der Waals surface area contributed by atoms with Gasteiger partial charge in [-0.2, -0.15) is 0 Å². The lowest BCUT2D eigenvalue weighted by Crippen LogP contribution is -1.84. The molecule has 0 aliphatic heterocycles. The Morgan fingerprint density at radius 1 is 1.33 bits per heavy atom. The minimum Gasteiger partial charge on any atom is -0.256 e. The zero-order valence-electron chi connectivity index (χ0n) is 7.04. The number of fused-ring (bicyclic) bond motifs is 1. The van der Waals surface area contributed by atoms with Crippen molar-refractivity contribution in [1.29, 1.82) is 0 Å². The normalized spacial score (nSPS) is 10.4. The van der Waals surface area contributed by atoms with E-state index in [0.29, 0.717) is 0 Å². The summed E-state index contributed by atoms with van der Waals surface area (Å²) < 4.78 is 0. The second-order valence-corrected chi connectivity index (χ2v) is 2.78. The summed E-state index contributed by atoms with van der Waals surface area (Å²) in [5, 5.41) is 1.11. The van der Waals surface area contributed by atoms with Crippen molar-refractivity contribution in [3.05, 3.63) is 42.1 Å². The molecular formula is C11H10N. The Hall–Kier alpha value is -1.37. The Kier molecular flexibility index (Phi) is 1.78. The molecule has 2 rings (SSSR count). The number of para-hydroxylation sites is 1. The first-order valence-electron chi connectivity index (χ1n) is 4.16. The van der Waals surface area contributed by atoms with Crippen LogP contribution in [0.3, 0.4) is 0 Å². The van der Waals surface area contributed by atoms with Crippen LogP contribution < -0.4 is 0 Å². The fourth-order valence-corrected chi connectivity index (χ4v) is 1.22. The Labute approximate surface area is 72.1 Å². The van der Waals surface area contributed by atoms with Gasteiger partial charge in [0.1, 0.15) is 0 Å². The molecule has 1 aromatic heterocycles. The molecule has 0 amide bonds. The number of pyridine rings is 1. The van der Waals surface area contributed by atoms with Crippen LogP contribution in [0, 0.1) is 6.07 Å². The van der Waals surface area contributed by atoms with Gasteiger partial charge in [-0.25, -0.2) is 0 Å². The number of rotatable bonds is 1. The second-order valence-electron chi connectivity index (χ2n) is 2.78. The van der Waals surface area contributed by atoms with E-state index in [1.807, 2.05) is 30.5 Å². The lowest BCUT2D eigenvalue weighted by Gasteiger charge is -1.97. The van der Waals surface area contributed by atoms with Crippen LogP contribution in [0.5, 0.6) is 0 Å². The molecule has 0 saturated heterocycles. The molecular weight excluding hydrogens is 146 g/mol. The van der Waals surface area contributed by atoms with Gasteiger partial charge < -0.3 is 0 Å². The standard InChI is InChI=1S/C11H10N/c1-2-9-7-10-5-3-4-6-11(10)12-8-9/h3-6,8H,2H2,1H3. The average Bonchev–Trinajstić information content (AvgIpc) is 2.17. The predicted molar refractivity (Wildman–Crippen MR) is 50.0 cm³/mol. The van der Waals surface area contributed by atoms with Gasteiger partial charge in [0.05, 0.1) is 5.52 Å². The van der Waals surface area contributed by atoms with Crippen LogP contribution in [0.4, 0.5) is 0 Å². The van der Waals surface area contributed by atoms with Crippen molar-refractivity contribution < 1.29 is 0 Å². The SMILES string of the molecule is CCc1[c]c2ccccc2nc1. The predicted octanol–water partition coefficient (Wildman–Crippen LogP) is 2.60. The highest BCUT2D eigenvalue weighted by Gasteiger charge is 1.94. The van der Waals surface area contributed by atoms with Gasteiger partial charge in [0.2, 0.25) is 0 Å². The lowest BCUT2D eigenvalue weighted by atomic mass is 10.1. The first kappa shape index (κ1) is 7.29. The van der Waals surface area contributed by atoms with E-state index in [1.54, 1.807) is 0 Å². The van der Waals surface area contributed by atoms with Crippen molar-refractivity contribution in [2.24, 2.45) is 0 Å². The second kappa shape index (κ2) is 2.94. The molecule has 0 fully saturated rings. The summed E-state index contributed by atoms with van der Waals surface area (Å²) in [7, 11) is 0. The summed E-state index contributed by atoms with van der Waals surface area (Å²) in [4.78, 5) is 4.32. The van der Waals surface area contributed by atoms with E-state index in [0.717, 1.165) is 17.3 Å². The van der Waals surface area contributed by atoms with Gasteiger partial charge in [-0.15, -0.1) is 0 Å². The Bertz CT molecular complexity index is 393. The number of aryl methyl sites for hydroxylation is 1. The van der Waals surface area contributed by atoms with Crippen molar-refractivity contribution in [2.45, 2.75) is 13.3 Å². The van der Waals surface area contributed by atoms with E-state index in [4.69, 9.17) is 0 Å². The molecule has 1 heterocycles. The van der Waals surface area contributed by atoms with E-state index in [-0.39, 0.29) is 0 Å². The van der Waals surface area contributed by atoms with E-state index in [1.165, 1.54) is 5.56 Å². The van der Waals surface area contributed by atoms with Gasteiger partial charge in [0.25, 0.3) is 0 Å². The Morgan fingerprint density at radius 3 is 3.00 bits per heavy atom. The number of hydrogen-bond donors (Lipinski definition) is 0. The van der Waals surface area contributed by atoms with Gasteiger partial charge in [-0.3, -0.25) is 4.98 Å². The zero-order valence-corrected chi connectivity index (χ0v) is 7.04. The van der Waals surface area contributed by atoms with E-state index in [9.17, 15) is 0 Å². The fraction of sp³-hybridized carbons (Fsp3) is 0.182. The largest absolute Gasteiger partial charge is 0.256 e. The molecule has 1 radical (unpaired) electrons. The van der Waals surface area contributed by atoms with Crippen molar-refractivity contribution in [3.8, 4) is 0 Å². The highest BCUT2D eigenvalue weighted by Crippen LogP contribution is 2.11. The first-order chi connectivity index (χ1) is 5.90. The molecule has 0 saturated carbocycles. The van der Waals surface area contributed by atoms with Crippen molar-refractivity contribution in [3.63, 3.8) is 0 Å². The number of aromatic nitrogens is 1. The van der Waals surface area contributed by atoms with Crippen LogP contribution in [0.2, 0.25) is 0 Å². The molecule has 1 heteroatoms. The molecule has 59 valence electrons. The maximum atomic E-state index is 4.32. The highest BCUT2D eigenvalue weighted by atomic mass is 14.6. The molecule has 0 spiro atoms. The average molecular weight is 156 g/mol. The Morgan fingerprint density at radius 2 is 2.17 bits per heavy atom. The van der Waals surface area contributed by atoms with Crippen LogP contribution in [-0.4, -0.2) is 4.98 Å². The molecule has 12 heavy (non-hydrogen) atoms. The quantitative estimate of drug-likeness (QED) is 0.618. The third-order valence-electron chi connectivity index (χ3n) is 1.94. The van der Waals surface area contributed by atoms with Crippen LogP contribution in [0.15, 0.2) is 30.5 Å². The molecule has 1 nitrogen and oxygen atoms in total. The van der Waals surface area contributed by atoms with Gasteiger partial charge in [0, 0.05) is 11.6 Å². The molecule has 0 unspecified atom stereocenters. The molecule has 0 aliphatic rings. The third-order valence-corrected chi connectivity index (χ3v) is 1.94. The molecule has 0 aliphatic carbocycles. The van der Waals surface area contributed by atoms with Gasteiger partial charge >= 0.3 is 0 Å². The topological polar surface area (TPSA) is 12.9 Å². The highest BCUT2D eigenvalue weighted by molar-refractivity contribution is 5.77. The zero-order chi connectivity index (χ0) is 8.39. The summed E-state index contributed by atoms with van der Waals surface area (Å²) >= 11 is 0. The third kappa shape index (κ3) is 1.18. The summed E-state index contributed by atoms with van der Waals surface area (Å²) in [5.41, 5.74) is 2.20.